The summed E-state index contributed by atoms with van der Waals surface area (Å²) >= 11 is 0.967. The van der Waals surface area contributed by atoms with Crippen LogP contribution in [0.3, 0.4) is 0 Å². The van der Waals surface area contributed by atoms with E-state index in [1.807, 2.05) is 0 Å². The summed E-state index contributed by atoms with van der Waals surface area (Å²) < 4.78 is 0. The highest BCUT2D eigenvalue weighted by molar-refractivity contribution is 7.97. The number of carbonyl (C=O) groups is 2. The van der Waals surface area contributed by atoms with Gasteiger partial charge in [-0.15, -0.1) is 0 Å². The molecule has 0 fully saturated rings. The summed E-state index contributed by atoms with van der Waals surface area (Å²) in [4.78, 5) is 23.0. The van der Waals surface area contributed by atoms with Gasteiger partial charge in [-0.2, -0.15) is 0 Å². The van der Waals surface area contributed by atoms with Gasteiger partial charge in [0, 0.05) is 4.90 Å². The maximum atomic E-state index is 11.3. The van der Waals surface area contributed by atoms with Crippen LogP contribution in [0.15, 0.2) is 23.1 Å². The van der Waals surface area contributed by atoms with Gasteiger partial charge in [-0.05, 0) is 24.1 Å². The van der Waals surface area contributed by atoms with Crippen LogP contribution < -0.4 is 10.5 Å². The van der Waals surface area contributed by atoms with E-state index in [1.165, 1.54) is 0 Å². The maximum absolute atomic E-state index is 11.3. The number of rotatable bonds is 1. The van der Waals surface area contributed by atoms with Crippen LogP contribution in [0, 0.1) is 0 Å². The minimum absolute atomic E-state index is 0.351. The summed E-state index contributed by atoms with van der Waals surface area (Å²) in [7, 11) is 0. The van der Waals surface area contributed by atoms with Crippen molar-refractivity contribution in [3.63, 3.8) is 0 Å². The second kappa shape index (κ2) is 2.86. The van der Waals surface area contributed by atoms with Crippen molar-refractivity contribution in [2.75, 3.05) is 0 Å². The van der Waals surface area contributed by atoms with Crippen molar-refractivity contribution in [2.45, 2.75) is 4.90 Å². The number of carbonyl (C=O) groups excluding carboxylic acids is 2. The molecule has 0 spiro atoms. The zero-order valence-electron chi connectivity index (χ0n) is 6.53. The fourth-order valence-corrected chi connectivity index (χ4v) is 1.76. The SMILES string of the molecule is NSc1cccc2c1C(=O)NC2=O. The molecule has 4 nitrogen and oxygen atoms in total. The number of hydrogen-bond donors (Lipinski definition) is 2. The molecule has 1 heterocycles. The molecule has 0 unspecified atom stereocenters. The minimum Gasteiger partial charge on any atom is -0.288 e. The van der Waals surface area contributed by atoms with Crippen molar-refractivity contribution in [3.05, 3.63) is 29.3 Å². The Morgan fingerprint density at radius 1 is 1.23 bits per heavy atom. The molecule has 0 radical (unpaired) electrons. The lowest BCUT2D eigenvalue weighted by atomic mass is 10.1. The molecule has 0 bridgehead atoms. The Kier molecular flexibility index (Phi) is 1.82. The highest BCUT2D eigenvalue weighted by Gasteiger charge is 2.28. The second-order valence-corrected chi connectivity index (χ2v) is 3.26. The van der Waals surface area contributed by atoms with Gasteiger partial charge in [-0.25, -0.2) is 0 Å². The van der Waals surface area contributed by atoms with Gasteiger partial charge in [-0.3, -0.25) is 20.0 Å². The Bertz CT molecular complexity index is 403. The monoisotopic (exact) mass is 194 g/mol. The average Bonchev–Trinajstić information content (AvgIpc) is 2.43. The van der Waals surface area contributed by atoms with E-state index in [0.29, 0.717) is 16.0 Å². The molecule has 2 amide bonds. The number of benzene rings is 1. The lowest BCUT2D eigenvalue weighted by molar-refractivity contribution is 0.0879. The predicted molar refractivity (Wildman–Crippen MR) is 48.3 cm³/mol. The lowest BCUT2D eigenvalue weighted by Gasteiger charge is -1.99. The first-order chi connectivity index (χ1) is 6.24. The van der Waals surface area contributed by atoms with Gasteiger partial charge in [0.2, 0.25) is 0 Å². The summed E-state index contributed by atoms with van der Waals surface area (Å²) in [6.07, 6.45) is 0. The summed E-state index contributed by atoms with van der Waals surface area (Å²) in [5, 5.41) is 7.57. The molecular formula is C8H6N2O2S. The van der Waals surface area contributed by atoms with Crippen LogP contribution in [-0.4, -0.2) is 11.8 Å². The number of hydrogen-bond acceptors (Lipinski definition) is 4. The van der Waals surface area contributed by atoms with E-state index in [9.17, 15) is 9.59 Å². The van der Waals surface area contributed by atoms with E-state index in [-0.39, 0.29) is 11.8 Å². The summed E-state index contributed by atoms with van der Waals surface area (Å²) in [6, 6.07) is 5.02. The first kappa shape index (κ1) is 8.28. The van der Waals surface area contributed by atoms with Crippen molar-refractivity contribution in [1.82, 2.24) is 5.32 Å². The van der Waals surface area contributed by atoms with E-state index in [4.69, 9.17) is 5.14 Å². The zero-order chi connectivity index (χ0) is 9.42. The Balaban J connectivity index is 2.69. The standard InChI is InChI=1S/C8H6N2O2S/c9-13-5-3-1-2-4-6(5)8(12)10-7(4)11/h1-3H,9H2,(H,10,11,12). The maximum Gasteiger partial charge on any atom is 0.260 e. The van der Waals surface area contributed by atoms with Crippen LogP contribution in [0.25, 0.3) is 0 Å². The van der Waals surface area contributed by atoms with Crippen LogP contribution in [0.2, 0.25) is 0 Å². The molecule has 1 aromatic carbocycles. The van der Waals surface area contributed by atoms with Gasteiger partial charge in [-0.1, -0.05) is 6.07 Å². The average molecular weight is 194 g/mol. The number of nitrogens with one attached hydrogen (secondary N) is 1. The molecule has 1 aliphatic rings. The van der Waals surface area contributed by atoms with E-state index >= 15 is 0 Å². The van der Waals surface area contributed by atoms with Gasteiger partial charge in [0.1, 0.15) is 0 Å². The molecule has 2 rings (SSSR count). The van der Waals surface area contributed by atoms with Crippen molar-refractivity contribution >= 4 is 23.8 Å². The second-order valence-electron chi connectivity index (χ2n) is 2.58. The Morgan fingerprint density at radius 2 is 2.00 bits per heavy atom. The van der Waals surface area contributed by atoms with Crippen LogP contribution in [0.1, 0.15) is 20.7 Å². The van der Waals surface area contributed by atoms with E-state index in [2.05, 4.69) is 5.32 Å². The van der Waals surface area contributed by atoms with Gasteiger partial charge in [0.05, 0.1) is 11.1 Å². The number of fused-ring (bicyclic) bond motifs is 1. The molecule has 13 heavy (non-hydrogen) atoms. The van der Waals surface area contributed by atoms with Gasteiger partial charge in [0.25, 0.3) is 11.8 Å². The number of nitrogens with two attached hydrogens (primary N) is 1. The lowest BCUT2D eigenvalue weighted by Crippen LogP contribution is -2.20. The Hall–Kier alpha value is -1.33. The molecule has 66 valence electrons. The van der Waals surface area contributed by atoms with E-state index in [1.54, 1.807) is 18.2 Å². The first-order valence-corrected chi connectivity index (χ1v) is 4.47. The molecule has 3 N–H and O–H groups in total. The third-order valence-electron chi connectivity index (χ3n) is 1.85. The third kappa shape index (κ3) is 1.13. The minimum atomic E-state index is -0.367. The molecule has 0 saturated carbocycles. The third-order valence-corrected chi connectivity index (χ3v) is 2.45. The van der Waals surface area contributed by atoms with Crippen molar-refractivity contribution in [2.24, 2.45) is 5.14 Å². The van der Waals surface area contributed by atoms with Gasteiger partial charge in [0.15, 0.2) is 0 Å². The molecule has 0 atom stereocenters. The van der Waals surface area contributed by atoms with Crippen molar-refractivity contribution in [3.8, 4) is 0 Å². The van der Waals surface area contributed by atoms with Crippen LogP contribution in [-0.2, 0) is 0 Å². The topological polar surface area (TPSA) is 72.2 Å². The van der Waals surface area contributed by atoms with E-state index in [0.717, 1.165) is 11.9 Å². The van der Waals surface area contributed by atoms with Crippen LogP contribution >= 0.6 is 11.9 Å². The highest BCUT2D eigenvalue weighted by atomic mass is 32.2. The van der Waals surface area contributed by atoms with Crippen molar-refractivity contribution < 1.29 is 9.59 Å². The summed E-state index contributed by atoms with van der Waals surface area (Å²) in [5.74, 6) is -0.718. The van der Waals surface area contributed by atoms with Gasteiger partial charge < -0.3 is 0 Å². The first-order valence-electron chi connectivity index (χ1n) is 3.59. The van der Waals surface area contributed by atoms with Crippen molar-refractivity contribution in [1.29, 1.82) is 0 Å². The fraction of sp³-hybridized carbons (Fsp3) is 0. The molecule has 0 aliphatic carbocycles. The largest absolute Gasteiger partial charge is 0.288 e. The number of amides is 2. The quantitative estimate of drug-likeness (QED) is 0.505. The fourth-order valence-electron chi connectivity index (χ4n) is 1.29. The summed E-state index contributed by atoms with van der Waals surface area (Å²) in [6.45, 7) is 0. The van der Waals surface area contributed by atoms with E-state index < -0.39 is 0 Å². The summed E-state index contributed by atoms with van der Waals surface area (Å²) in [5.41, 5.74) is 0.792. The Morgan fingerprint density at radius 3 is 2.69 bits per heavy atom. The molecule has 1 aromatic rings. The molecule has 1 aliphatic heterocycles. The predicted octanol–water partition coefficient (Wildman–Crippen LogP) is 0.536. The Labute approximate surface area is 78.6 Å². The molecule has 5 heteroatoms. The normalized spacial score (nSPS) is 14.2. The molecular weight excluding hydrogens is 188 g/mol. The van der Waals surface area contributed by atoms with Gasteiger partial charge >= 0.3 is 0 Å². The van der Waals surface area contributed by atoms with Crippen LogP contribution in [0.4, 0.5) is 0 Å². The zero-order valence-corrected chi connectivity index (χ0v) is 7.35. The number of imide groups is 1. The molecule has 0 saturated heterocycles. The molecule has 0 aromatic heterocycles. The smallest absolute Gasteiger partial charge is 0.260 e. The van der Waals surface area contributed by atoms with Crippen LogP contribution in [0.5, 0.6) is 0 Å². The highest BCUT2D eigenvalue weighted by Crippen LogP contribution is 2.25.